The second kappa shape index (κ2) is 8.48. The molecule has 0 spiro atoms. The molecule has 0 bridgehead atoms. The van der Waals surface area contributed by atoms with Crippen molar-refractivity contribution in [2.45, 2.75) is 17.7 Å². The van der Waals surface area contributed by atoms with Crippen molar-refractivity contribution < 1.29 is 26.4 Å². The van der Waals surface area contributed by atoms with Crippen LogP contribution in [0.15, 0.2) is 59.5 Å². The van der Waals surface area contributed by atoms with Crippen LogP contribution in [0.5, 0.6) is 0 Å². The van der Waals surface area contributed by atoms with Gasteiger partial charge in [0.1, 0.15) is 23.0 Å². The highest BCUT2D eigenvalue weighted by Gasteiger charge is 2.29. The van der Waals surface area contributed by atoms with Crippen molar-refractivity contribution in [3.63, 3.8) is 0 Å². The Morgan fingerprint density at radius 2 is 1.62 bits per heavy atom. The number of rotatable bonds is 4. The summed E-state index contributed by atoms with van der Waals surface area (Å²) < 4.78 is 68.8. The number of sulfonamides is 1. The first-order valence-corrected chi connectivity index (χ1v) is 11.4. The SMILES string of the molecule is O=C(Nc1ccc2c(c1)N(S(=O)(=O)c1ccc(F)cc1)CCC2)c1c(F)cc(Cl)cc1F. The molecule has 0 saturated carbocycles. The molecule has 5 nitrogen and oxygen atoms in total. The second-order valence-electron chi connectivity index (χ2n) is 7.18. The first-order chi connectivity index (χ1) is 15.2. The third-order valence-electron chi connectivity index (χ3n) is 5.05. The molecule has 0 radical (unpaired) electrons. The molecular formula is C22H16ClF3N2O3S. The minimum absolute atomic E-state index is 0.0773. The second-order valence-corrected chi connectivity index (χ2v) is 9.48. The molecule has 0 aliphatic carbocycles. The van der Waals surface area contributed by atoms with E-state index >= 15 is 0 Å². The molecule has 32 heavy (non-hydrogen) atoms. The molecular weight excluding hydrogens is 465 g/mol. The molecule has 0 unspecified atom stereocenters. The Hall–Kier alpha value is -3.04. The van der Waals surface area contributed by atoms with Crippen LogP contribution >= 0.6 is 11.6 Å². The molecule has 0 saturated heterocycles. The number of halogens is 4. The normalized spacial score (nSPS) is 13.6. The van der Waals surface area contributed by atoms with E-state index in [0.29, 0.717) is 18.5 Å². The van der Waals surface area contributed by atoms with Gasteiger partial charge in [0.15, 0.2) is 0 Å². The average molecular weight is 481 g/mol. The Kier molecular flexibility index (Phi) is 5.87. The zero-order valence-corrected chi connectivity index (χ0v) is 18.0. The summed E-state index contributed by atoms with van der Waals surface area (Å²) in [6, 6.07) is 10.7. The van der Waals surface area contributed by atoms with Crippen LogP contribution < -0.4 is 9.62 Å². The minimum Gasteiger partial charge on any atom is -0.322 e. The molecule has 0 atom stereocenters. The molecule has 0 aromatic heterocycles. The fraction of sp³-hybridized carbons (Fsp3) is 0.136. The molecule has 0 fully saturated rings. The van der Waals surface area contributed by atoms with Gasteiger partial charge in [-0.1, -0.05) is 17.7 Å². The molecule has 3 aromatic carbocycles. The third-order valence-corrected chi connectivity index (χ3v) is 7.10. The van der Waals surface area contributed by atoms with Gasteiger partial charge in [0, 0.05) is 17.3 Å². The summed E-state index contributed by atoms with van der Waals surface area (Å²) in [5.41, 5.74) is 0.408. The highest BCUT2D eigenvalue weighted by molar-refractivity contribution is 7.92. The van der Waals surface area contributed by atoms with Crippen LogP contribution in [0, 0.1) is 17.5 Å². The Labute approximate surface area is 187 Å². The van der Waals surface area contributed by atoms with Crippen molar-refractivity contribution in [3.8, 4) is 0 Å². The van der Waals surface area contributed by atoms with E-state index in [1.807, 2.05) is 0 Å². The van der Waals surface area contributed by atoms with Crippen LogP contribution in [-0.4, -0.2) is 20.9 Å². The number of aryl methyl sites for hydroxylation is 1. The lowest BCUT2D eigenvalue weighted by Gasteiger charge is -2.31. The Morgan fingerprint density at radius 1 is 0.969 bits per heavy atom. The summed E-state index contributed by atoms with van der Waals surface area (Å²) in [5, 5.41) is 2.21. The number of nitrogens with zero attached hydrogens (tertiary/aromatic N) is 1. The Balaban J connectivity index is 1.68. The molecule has 1 N–H and O–H groups in total. The highest BCUT2D eigenvalue weighted by Crippen LogP contribution is 2.34. The number of benzene rings is 3. The largest absolute Gasteiger partial charge is 0.322 e. The average Bonchev–Trinajstić information content (AvgIpc) is 2.72. The van der Waals surface area contributed by atoms with Crippen LogP contribution in [0.3, 0.4) is 0 Å². The van der Waals surface area contributed by atoms with Gasteiger partial charge in [-0.25, -0.2) is 21.6 Å². The number of carbonyl (C=O) groups is 1. The van der Waals surface area contributed by atoms with E-state index in [4.69, 9.17) is 11.6 Å². The molecule has 10 heteroatoms. The van der Waals surface area contributed by atoms with Crippen molar-refractivity contribution in [3.05, 3.63) is 88.2 Å². The first-order valence-electron chi connectivity index (χ1n) is 9.54. The fourth-order valence-electron chi connectivity index (χ4n) is 3.55. The maximum absolute atomic E-state index is 14.1. The summed E-state index contributed by atoms with van der Waals surface area (Å²) in [4.78, 5) is 12.4. The standard InChI is InChI=1S/C22H16ClF3N2O3S/c23-14-10-18(25)21(19(26)11-14)22(29)27-16-6-3-13-2-1-9-28(20(13)12-16)32(30,31)17-7-4-15(24)5-8-17/h3-8,10-12H,1-2,9H2,(H,27,29). The zero-order chi connectivity index (χ0) is 23.0. The zero-order valence-electron chi connectivity index (χ0n) is 16.4. The molecule has 1 aliphatic heterocycles. The van der Waals surface area contributed by atoms with Gasteiger partial charge in [0.25, 0.3) is 15.9 Å². The van der Waals surface area contributed by atoms with E-state index in [-0.39, 0.29) is 22.2 Å². The Morgan fingerprint density at radius 3 is 2.28 bits per heavy atom. The predicted octanol–water partition coefficient (Wildman–Crippen LogP) is 5.15. The quantitative estimate of drug-likeness (QED) is 0.561. The van der Waals surface area contributed by atoms with Crippen LogP contribution in [-0.2, 0) is 16.4 Å². The van der Waals surface area contributed by atoms with Gasteiger partial charge in [-0.3, -0.25) is 9.10 Å². The molecule has 1 heterocycles. The topological polar surface area (TPSA) is 66.5 Å². The molecule has 4 rings (SSSR count). The lowest BCUT2D eigenvalue weighted by atomic mass is 10.0. The monoisotopic (exact) mass is 480 g/mol. The van der Waals surface area contributed by atoms with Gasteiger partial charge >= 0.3 is 0 Å². The van der Waals surface area contributed by atoms with E-state index in [1.54, 1.807) is 6.07 Å². The number of hydrogen-bond acceptors (Lipinski definition) is 3. The first kappa shape index (κ1) is 22.2. The maximum atomic E-state index is 14.1. The number of carbonyl (C=O) groups excluding carboxylic acids is 1. The predicted molar refractivity (Wildman–Crippen MR) is 115 cm³/mol. The van der Waals surface area contributed by atoms with Crippen molar-refractivity contribution in [2.24, 2.45) is 0 Å². The molecule has 3 aromatic rings. The number of amides is 1. The highest BCUT2D eigenvalue weighted by atomic mass is 35.5. The third kappa shape index (κ3) is 4.18. The summed E-state index contributed by atoms with van der Waals surface area (Å²) in [7, 11) is -3.99. The number of anilines is 2. The number of nitrogens with one attached hydrogen (secondary N) is 1. The van der Waals surface area contributed by atoms with Gasteiger partial charge in [0.2, 0.25) is 0 Å². The summed E-state index contributed by atoms with van der Waals surface area (Å²) in [5.74, 6) is -3.84. The van der Waals surface area contributed by atoms with Crippen molar-refractivity contribution in [1.82, 2.24) is 0 Å². The smallest absolute Gasteiger partial charge is 0.264 e. The van der Waals surface area contributed by atoms with Gasteiger partial charge in [-0.2, -0.15) is 0 Å². The number of hydrogen-bond donors (Lipinski definition) is 1. The van der Waals surface area contributed by atoms with Crippen LogP contribution in [0.2, 0.25) is 5.02 Å². The van der Waals surface area contributed by atoms with E-state index in [1.165, 1.54) is 28.6 Å². The molecule has 1 amide bonds. The van der Waals surface area contributed by atoms with Crippen molar-refractivity contribution in [2.75, 3.05) is 16.2 Å². The number of fused-ring (bicyclic) bond motifs is 1. The van der Waals surface area contributed by atoms with Crippen LogP contribution in [0.4, 0.5) is 24.5 Å². The maximum Gasteiger partial charge on any atom is 0.264 e. The van der Waals surface area contributed by atoms with Gasteiger partial charge < -0.3 is 5.32 Å². The van der Waals surface area contributed by atoms with Gasteiger partial charge in [-0.05, 0) is 66.9 Å². The van der Waals surface area contributed by atoms with Crippen LogP contribution in [0.1, 0.15) is 22.3 Å². The van der Waals surface area contributed by atoms with Gasteiger partial charge in [-0.15, -0.1) is 0 Å². The van der Waals surface area contributed by atoms with E-state index in [2.05, 4.69) is 5.32 Å². The van der Waals surface area contributed by atoms with Gasteiger partial charge in [0.05, 0.1) is 10.6 Å². The summed E-state index contributed by atoms with van der Waals surface area (Å²) in [6.07, 6.45) is 1.18. The van der Waals surface area contributed by atoms with Crippen molar-refractivity contribution in [1.29, 1.82) is 0 Å². The minimum atomic E-state index is -3.99. The van der Waals surface area contributed by atoms with E-state index in [9.17, 15) is 26.4 Å². The lowest BCUT2D eigenvalue weighted by Crippen LogP contribution is -2.35. The van der Waals surface area contributed by atoms with Crippen LogP contribution in [0.25, 0.3) is 0 Å². The van der Waals surface area contributed by atoms with E-state index in [0.717, 1.165) is 29.8 Å². The van der Waals surface area contributed by atoms with Crippen molar-refractivity contribution >= 4 is 38.9 Å². The molecule has 166 valence electrons. The van der Waals surface area contributed by atoms with E-state index < -0.39 is 38.9 Å². The summed E-state index contributed by atoms with van der Waals surface area (Å²) in [6.45, 7) is 0.185. The fourth-order valence-corrected chi connectivity index (χ4v) is 5.28. The molecule has 1 aliphatic rings. The Bertz CT molecular complexity index is 1290. The lowest BCUT2D eigenvalue weighted by molar-refractivity contribution is 0.101. The summed E-state index contributed by atoms with van der Waals surface area (Å²) >= 11 is 5.59.